The molecule has 0 bridgehead atoms. The molecule has 2 N–H and O–H groups in total. The minimum absolute atomic E-state index is 0.0526. The second-order valence-corrected chi connectivity index (χ2v) is 7.49. The van der Waals surface area contributed by atoms with Crippen LogP contribution in [0.2, 0.25) is 0 Å². The van der Waals surface area contributed by atoms with E-state index >= 15 is 0 Å². The van der Waals surface area contributed by atoms with E-state index in [1.807, 2.05) is 0 Å². The number of pyridine rings is 1. The van der Waals surface area contributed by atoms with E-state index < -0.39 is 12.2 Å². The maximum Gasteiger partial charge on any atom is 0.263 e. The molecule has 6 nitrogen and oxygen atoms in total. The summed E-state index contributed by atoms with van der Waals surface area (Å²) in [6, 6.07) is 6.92. The third-order valence-corrected chi connectivity index (χ3v) is 5.26. The van der Waals surface area contributed by atoms with Crippen molar-refractivity contribution in [1.29, 1.82) is 0 Å². The van der Waals surface area contributed by atoms with Gasteiger partial charge in [0, 0.05) is 24.1 Å². The SMILES string of the molecule is NC(=O)CC1CCCc2c1nnn2-c1cc(Cc2cc(F)cc(C(F)F)c2)ccn1. The first kappa shape index (κ1) is 20.1. The zero-order valence-corrected chi connectivity index (χ0v) is 16.1. The Hall–Kier alpha value is -3.23. The summed E-state index contributed by atoms with van der Waals surface area (Å²) in [4.78, 5) is 15.7. The zero-order valence-electron chi connectivity index (χ0n) is 16.1. The number of fused-ring (bicyclic) bond motifs is 1. The van der Waals surface area contributed by atoms with Crippen LogP contribution in [-0.2, 0) is 17.6 Å². The summed E-state index contributed by atoms with van der Waals surface area (Å²) in [7, 11) is 0. The Balaban J connectivity index is 1.62. The predicted octanol–water partition coefficient (Wildman–Crippen LogP) is 3.63. The number of rotatable bonds is 6. The topological polar surface area (TPSA) is 86.7 Å². The van der Waals surface area contributed by atoms with Crippen LogP contribution in [0.15, 0.2) is 36.5 Å². The molecule has 0 radical (unpaired) electrons. The smallest absolute Gasteiger partial charge is 0.263 e. The van der Waals surface area contributed by atoms with Gasteiger partial charge in [-0.2, -0.15) is 4.68 Å². The molecular formula is C21H20F3N5O. The second kappa shape index (κ2) is 8.25. The van der Waals surface area contributed by atoms with Crippen LogP contribution < -0.4 is 5.73 Å². The van der Waals surface area contributed by atoms with Gasteiger partial charge in [-0.05, 0) is 67.1 Å². The number of carbonyl (C=O) groups excluding carboxylic acids is 1. The molecule has 156 valence electrons. The van der Waals surface area contributed by atoms with Crippen molar-refractivity contribution >= 4 is 5.91 Å². The summed E-state index contributed by atoms with van der Waals surface area (Å²) in [5.74, 6) is -0.585. The van der Waals surface area contributed by atoms with Crippen molar-refractivity contribution in [3.63, 3.8) is 0 Å². The standard InChI is InChI=1S/C21H20F3N5O/c22-16-8-13(7-15(10-16)21(23)24)6-12-4-5-26-19(9-12)29-17-3-1-2-14(11-18(25)30)20(17)27-28-29/h4-5,7-10,14,21H,1-3,6,11H2,(H2,25,30). The molecule has 0 saturated carbocycles. The lowest BCUT2D eigenvalue weighted by Gasteiger charge is -2.20. The van der Waals surface area contributed by atoms with Crippen LogP contribution in [0.5, 0.6) is 0 Å². The number of nitrogens with zero attached hydrogens (tertiary/aromatic N) is 4. The molecular weight excluding hydrogens is 395 g/mol. The van der Waals surface area contributed by atoms with Crippen molar-refractivity contribution in [2.24, 2.45) is 5.73 Å². The Bertz CT molecular complexity index is 1080. The Morgan fingerprint density at radius 2 is 2.07 bits per heavy atom. The van der Waals surface area contributed by atoms with E-state index in [4.69, 9.17) is 5.73 Å². The molecule has 3 aromatic rings. The van der Waals surface area contributed by atoms with Crippen LogP contribution >= 0.6 is 0 Å². The van der Waals surface area contributed by atoms with Gasteiger partial charge in [-0.1, -0.05) is 5.21 Å². The van der Waals surface area contributed by atoms with Crippen molar-refractivity contribution in [1.82, 2.24) is 20.0 Å². The average molecular weight is 415 g/mol. The van der Waals surface area contributed by atoms with Crippen LogP contribution in [0.4, 0.5) is 13.2 Å². The lowest BCUT2D eigenvalue weighted by atomic mass is 9.87. The monoisotopic (exact) mass is 415 g/mol. The molecule has 2 aromatic heterocycles. The summed E-state index contributed by atoms with van der Waals surface area (Å²) in [5.41, 5.74) is 7.89. The van der Waals surface area contributed by atoms with Gasteiger partial charge >= 0.3 is 0 Å². The number of nitrogens with two attached hydrogens (primary N) is 1. The molecule has 1 unspecified atom stereocenters. The zero-order chi connectivity index (χ0) is 21.3. The minimum atomic E-state index is -2.73. The number of hydrogen-bond donors (Lipinski definition) is 1. The van der Waals surface area contributed by atoms with E-state index in [-0.39, 0.29) is 30.2 Å². The number of primary amides is 1. The van der Waals surface area contributed by atoms with Gasteiger partial charge in [-0.25, -0.2) is 18.2 Å². The molecule has 0 spiro atoms. The van der Waals surface area contributed by atoms with Gasteiger partial charge < -0.3 is 5.73 Å². The van der Waals surface area contributed by atoms with Gasteiger partial charge in [0.1, 0.15) is 5.82 Å². The molecule has 1 aliphatic rings. The normalized spacial score (nSPS) is 15.9. The highest BCUT2D eigenvalue weighted by Crippen LogP contribution is 2.33. The summed E-state index contributed by atoms with van der Waals surface area (Å²) < 4.78 is 41.3. The first-order chi connectivity index (χ1) is 14.4. The van der Waals surface area contributed by atoms with Crippen LogP contribution in [0.3, 0.4) is 0 Å². The number of benzene rings is 1. The Morgan fingerprint density at radius 3 is 2.83 bits per heavy atom. The molecule has 1 aromatic carbocycles. The van der Waals surface area contributed by atoms with Crippen molar-refractivity contribution in [2.75, 3.05) is 0 Å². The average Bonchev–Trinajstić information content (AvgIpc) is 3.12. The number of alkyl halides is 2. The largest absolute Gasteiger partial charge is 0.370 e. The molecule has 4 rings (SSSR count). The van der Waals surface area contributed by atoms with Crippen molar-refractivity contribution in [2.45, 2.75) is 44.4 Å². The number of halogens is 3. The Morgan fingerprint density at radius 1 is 1.23 bits per heavy atom. The Labute approximate surface area is 170 Å². The quantitative estimate of drug-likeness (QED) is 0.666. The van der Waals surface area contributed by atoms with Gasteiger partial charge in [0.2, 0.25) is 5.91 Å². The fourth-order valence-corrected chi connectivity index (χ4v) is 3.97. The molecule has 1 aliphatic carbocycles. The number of hydrogen-bond acceptors (Lipinski definition) is 4. The maximum absolute atomic E-state index is 13.7. The Kier molecular flexibility index (Phi) is 5.52. The second-order valence-electron chi connectivity index (χ2n) is 7.49. The van der Waals surface area contributed by atoms with E-state index in [0.29, 0.717) is 11.4 Å². The molecule has 1 atom stereocenters. The summed E-state index contributed by atoms with van der Waals surface area (Å²) in [6.07, 6.45) is 1.83. The summed E-state index contributed by atoms with van der Waals surface area (Å²) >= 11 is 0. The lowest BCUT2D eigenvalue weighted by molar-refractivity contribution is -0.118. The molecule has 0 fully saturated rings. The maximum atomic E-state index is 13.7. The first-order valence-corrected chi connectivity index (χ1v) is 9.66. The van der Waals surface area contributed by atoms with Gasteiger partial charge in [-0.15, -0.1) is 5.10 Å². The van der Waals surface area contributed by atoms with E-state index in [2.05, 4.69) is 15.3 Å². The molecule has 9 heteroatoms. The van der Waals surface area contributed by atoms with Gasteiger partial charge in [0.25, 0.3) is 6.43 Å². The third kappa shape index (κ3) is 4.19. The first-order valence-electron chi connectivity index (χ1n) is 9.66. The third-order valence-electron chi connectivity index (χ3n) is 5.26. The van der Waals surface area contributed by atoms with Crippen LogP contribution in [-0.4, -0.2) is 25.9 Å². The van der Waals surface area contributed by atoms with E-state index in [9.17, 15) is 18.0 Å². The fourth-order valence-electron chi connectivity index (χ4n) is 3.97. The fraction of sp³-hybridized carbons (Fsp3) is 0.333. The van der Waals surface area contributed by atoms with Crippen molar-refractivity contribution in [3.05, 3.63) is 70.4 Å². The van der Waals surface area contributed by atoms with E-state index in [1.54, 1.807) is 23.0 Å². The number of amides is 1. The van der Waals surface area contributed by atoms with E-state index in [0.717, 1.165) is 42.3 Å². The lowest BCUT2D eigenvalue weighted by Crippen LogP contribution is -2.19. The predicted molar refractivity (Wildman–Crippen MR) is 103 cm³/mol. The highest BCUT2D eigenvalue weighted by Gasteiger charge is 2.28. The molecule has 1 amide bonds. The van der Waals surface area contributed by atoms with Crippen molar-refractivity contribution < 1.29 is 18.0 Å². The summed E-state index contributed by atoms with van der Waals surface area (Å²) in [6.45, 7) is 0. The number of carbonyl (C=O) groups is 1. The van der Waals surface area contributed by atoms with Gasteiger partial charge in [0.15, 0.2) is 5.82 Å². The highest BCUT2D eigenvalue weighted by molar-refractivity contribution is 5.74. The van der Waals surface area contributed by atoms with E-state index in [1.165, 1.54) is 12.1 Å². The van der Waals surface area contributed by atoms with Crippen LogP contribution in [0, 0.1) is 5.82 Å². The van der Waals surface area contributed by atoms with Gasteiger partial charge in [-0.3, -0.25) is 4.79 Å². The molecule has 0 aliphatic heterocycles. The number of aromatic nitrogens is 4. The van der Waals surface area contributed by atoms with Crippen molar-refractivity contribution in [3.8, 4) is 5.82 Å². The highest BCUT2D eigenvalue weighted by atomic mass is 19.3. The molecule has 2 heterocycles. The van der Waals surface area contributed by atoms with Crippen LogP contribution in [0.1, 0.15) is 59.7 Å². The summed E-state index contributed by atoms with van der Waals surface area (Å²) in [5, 5.41) is 8.47. The minimum Gasteiger partial charge on any atom is -0.370 e. The molecule has 0 saturated heterocycles. The van der Waals surface area contributed by atoms with Gasteiger partial charge in [0.05, 0.1) is 11.4 Å². The van der Waals surface area contributed by atoms with Crippen LogP contribution in [0.25, 0.3) is 5.82 Å². The molecule has 30 heavy (non-hydrogen) atoms.